The summed E-state index contributed by atoms with van der Waals surface area (Å²) in [7, 11) is 0. The summed E-state index contributed by atoms with van der Waals surface area (Å²) in [6.45, 7) is 7.59. The van der Waals surface area contributed by atoms with Crippen LogP contribution in [0.1, 0.15) is 25.2 Å². The number of nitrogens with two attached hydrogens (primary N) is 1. The minimum atomic E-state index is -0.00379. The Morgan fingerprint density at radius 3 is 2.29 bits per heavy atom. The summed E-state index contributed by atoms with van der Waals surface area (Å²) in [6, 6.07) is 0. The third kappa shape index (κ3) is 2.25. The van der Waals surface area contributed by atoms with Crippen molar-refractivity contribution in [1.82, 2.24) is 19.9 Å². The molecule has 0 saturated heterocycles. The molecule has 6 nitrogen and oxygen atoms in total. The van der Waals surface area contributed by atoms with Gasteiger partial charge in [0.25, 0.3) is 0 Å². The molecule has 0 spiro atoms. The van der Waals surface area contributed by atoms with E-state index in [9.17, 15) is 0 Å². The Balaban J connectivity index is 2.69. The zero-order valence-electron chi connectivity index (χ0n) is 10.4. The Labute approximate surface area is 99.3 Å². The maximum Gasteiger partial charge on any atom is 0.247 e. The van der Waals surface area contributed by atoms with Gasteiger partial charge in [-0.25, -0.2) is 9.97 Å². The molecule has 90 valence electrons. The van der Waals surface area contributed by atoms with Gasteiger partial charge in [-0.3, -0.25) is 0 Å². The predicted octanol–water partition coefficient (Wildman–Crippen LogP) is 1.41. The molecule has 0 aliphatic carbocycles. The van der Waals surface area contributed by atoms with Crippen LogP contribution in [0.2, 0.25) is 0 Å². The Morgan fingerprint density at radius 1 is 1.00 bits per heavy atom. The van der Waals surface area contributed by atoms with E-state index in [0.29, 0.717) is 17.0 Å². The van der Waals surface area contributed by atoms with Gasteiger partial charge in [-0.05, 0) is 27.7 Å². The molecule has 2 aromatic rings. The van der Waals surface area contributed by atoms with Crippen molar-refractivity contribution in [3.8, 4) is 5.88 Å². The molecule has 2 aromatic heterocycles. The number of hydrogen-bond donors (Lipinski definition) is 1. The van der Waals surface area contributed by atoms with Gasteiger partial charge in [-0.2, -0.15) is 9.97 Å². The Bertz CT molecular complexity index is 567. The van der Waals surface area contributed by atoms with Crippen LogP contribution in [-0.4, -0.2) is 26.0 Å². The van der Waals surface area contributed by atoms with Crippen LogP contribution in [0, 0.1) is 13.8 Å². The Kier molecular flexibility index (Phi) is 2.79. The molecule has 0 aromatic carbocycles. The first-order valence-corrected chi connectivity index (χ1v) is 5.42. The van der Waals surface area contributed by atoms with Crippen LogP contribution in [0.25, 0.3) is 11.2 Å². The van der Waals surface area contributed by atoms with Gasteiger partial charge in [0.1, 0.15) is 0 Å². The van der Waals surface area contributed by atoms with E-state index in [0.717, 1.165) is 11.4 Å². The summed E-state index contributed by atoms with van der Waals surface area (Å²) < 4.78 is 5.57. The number of ether oxygens (including phenoxy) is 1. The summed E-state index contributed by atoms with van der Waals surface area (Å²) >= 11 is 0. The molecule has 0 radical (unpaired) electrons. The molecule has 0 fully saturated rings. The van der Waals surface area contributed by atoms with Gasteiger partial charge in [0.2, 0.25) is 11.8 Å². The average molecular weight is 233 g/mol. The van der Waals surface area contributed by atoms with Crippen LogP contribution in [0.15, 0.2) is 0 Å². The minimum Gasteiger partial charge on any atom is -0.473 e. The van der Waals surface area contributed by atoms with E-state index >= 15 is 0 Å². The largest absolute Gasteiger partial charge is 0.473 e. The van der Waals surface area contributed by atoms with E-state index < -0.39 is 0 Å². The lowest BCUT2D eigenvalue weighted by Gasteiger charge is -2.11. The SMILES string of the molecule is Cc1nc2nc(N)nc(OC(C)C)c2nc1C. The maximum atomic E-state index is 5.62. The highest BCUT2D eigenvalue weighted by molar-refractivity contribution is 5.76. The van der Waals surface area contributed by atoms with Gasteiger partial charge in [-0.1, -0.05) is 0 Å². The summed E-state index contributed by atoms with van der Waals surface area (Å²) in [6.07, 6.45) is -0.00379. The molecule has 6 heteroatoms. The second-order valence-electron chi connectivity index (χ2n) is 4.12. The van der Waals surface area contributed by atoms with Crippen LogP contribution in [0.3, 0.4) is 0 Å². The fraction of sp³-hybridized carbons (Fsp3) is 0.455. The molecular formula is C11H15N5O. The second kappa shape index (κ2) is 4.12. The van der Waals surface area contributed by atoms with E-state index in [-0.39, 0.29) is 12.1 Å². The quantitative estimate of drug-likeness (QED) is 0.843. The van der Waals surface area contributed by atoms with E-state index in [4.69, 9.17) is 10.5 Å². The molecule has 0 unspecified atom stereocenters. The van der Waals surface area contributed by atoms with E-state index in [1.54, 1.807) is 0 Å². The van der Waals surface area contributed by atoms with Gasteiger partial charge in [-0.15, -0.1) is 0 Å². The molecular weight excluding hydrogens is 218 g/mol. The molecule has 17 heavy (non-hydrogen) atoms. The molecule has 2 N–H and O–H groups in total. The van der Waals surface area contributed by atoms with Gasteiger partial charge >= 0.3 is 0 Å². The fourth-order valence-corrected chi connectivity index (χ4v) is 1.41. The number of anilines is 1. The first-order chi connectivity index (χ1) is 7.97. The third-order valence-corrected chi connectivity index (χ3v) is 2.27. The van der Waals surface area contributed by atoms with Gasteiger partial charge in [0, 0.05) is 0 Å². The lowest BCUT2D eigenvalue weighted by molar-refractivity contribution is 0.235. The predicted molar refractivity (Wildman–Crippen MR) is 64.8 cm³/mol. The second-order valence-corrected chi connectivity index (χ2v) is 4.12. The summed E-state index contributed by atoms with van der Waals surface area (Å²) in [5.74, 6) is 0.531. The Morgan fingerprint density at radius 2 is 1.65 bits per heavy atom. The molecule has 0 saturated carbocycles. The first-order valence-electron chi connectivity index (χ1n) is 5.42. The van der Waals surface area contributed by atoms with Crippen molar-refractivity contribution < 1.29 is 4.74 Å². The highest BCUT2D eigenvalue weighted by atomic mass is 16.5. The van der Waals surface area contributed by atoms with Crippen molar-refractivity contribution in [3.05, 3.63) is 11.4 Å². The van der Waals surface area contributed by atoms with Crippen LogP contribution in [0.4, 0.5) is 5.95 Å². The number of fused-ring (bicyclic) bond motifs is 1. The van der Waals surface area contributed by atoms with Crippen LogP contribution >= 0.6 is 0 Å². The van der Waals surface area contributed by atoms with Crippen LogP contribution in [-0.2, 0) is 0 Å². The number of aromatic nitrogens is 4. The van der Waals surface area contributed by atoms with Gasteiger partial charge < -0.3 is 10.5 Å². The lowest BCUT2D eigenvalue weighted by Crippen LogP contribution is -2.10. The topological polar surface area (TPSA) is 86.8 Å². The van der Waals surface area contributed by atoms with Crippen molar-refractivity contribution in [2.75, 3.05) is 5.73 Å². The van der Waals surface area contributed by atoms with E-state index in [1.807, 2.05) is 27.7 Å². The van der Waals surface area contributed by atoms with Crippen LogP contribution < -0.4 is 10.5 Å². The van der Waals surface area contributed by atoms with Crippen molar-refractivity contribution in [2.45, 2.75) is 33.8 Å². The molecule has 0 amide bonds. The van der Waals surface area contributed by atoms with Crippen molar-refractivity contribution in [2.24, 2.45) is 0 Å². The summed E-state index contributed by atoms with van der Waals surface area (Å²) in [4.78, 5) is 16.8. The lowest BCUT2D eigenvalue weighted by atomic mass is 10.3. The van der Waals surface area contributed by atoms with Gasteiger partial charge in [0.05, 0.1) is 17.5 Å². The standard InChI is InChI=1S/C11H15N5O/c1-5(2)17-10-8-9(15-11(12)16-10)14-7(4)6(3)13-8/h5H,1-4H3,(H2,12,14,15,16). The number of rotatable bonds is 2. The molecule has 2 rings (SSSR count). The minimum absolute atomic E-state index is 0.00379. The van der Waals surface area contributed by atoms with Gasteiger partial charge in [0.15, 0.2) is 11.2 Å². The molecule has 0 atom stereocenters. The number of hydrogen-bond acceptors (Lipinski definition) is 6. The van der Waals surface area contributed by atoms with Crippen molar-refractivity contribution in [3.63, 3.8) is 0 Å². The smallest absolute Gasteiger partial charge is 0.247 e. The third-order valence-electron chi connectivity index (χ3n) is 2.27. The van der Waals surface area contributed by atoms with E-state index in [1.165, 1.54) is 0 Å². The maximum absolute atomic E-state index is 5.62. The number of nitrogens with zero attached hydrogens (tertiary/aromatic N) is 4. The summed E-state index contributed by atoms with van der Waals surface area (Å²) in [5, 5.41) is 0. The zero-order chi connectivity index (χ0) is 12.6. The molecule has 2 heterocycles. The van der Waals surface area contributed by atoms with Crippen molar-refractivity contribution >= 4 is 17.1 Å². The number of nitrogen functional groups attached to an aromatic ring is 1. The van der Waals surface area contributed by atoms with Crippen molar-refractivity contribution in [1.29, 1.82) is 0 Å². The highest BCUT2D eigenvalue weighted by Gasteiger charge is 2.13. The normalized spacial score (nSPS) is 11.1. The molecule has 0 aliphatic heterocycles. The zero-order valence-corrected chi connectivity index (χ0v) is 10.4. The highest BCUT2D eigenvalue weighted by Crippen LogP contribution is 2.22. The molecule has 0 bridgehead atoms. The van der Waals surface area contributed by atoms with E-state index in [2.05, 4.69) is 19.9 Å². The average Bonchev–Trinajstić information content (AvgIpc) is 2.20. The first kappa shape index (κ1) is 11.5. The summed E-state index contributed by atoms with van der Waals surface area (Å²) in [5.41, 5.74) is 8.30. The monoisotopic (exact) mass is 233 g/mol. The van der Waals surface area contributed by atoms with Crippen LogP contribution in [0.5, 0.6) is 5.88 Å². The molecule has 0 aliphatic rings. The Hall–Kier alpha value is -1.98. The number of aryl methyl sites for hydroxylation is 2. The fourth-order valence-electron chi connectivity index (χ4n) is 1.41.